The van der Waals surface area contributed by atoms with E-state index in [0.29, 0.717) is 0 Å². The predicted molar refractivity (Wildman–Crippen MR) is 87.7 cm³/mol. The molecule has 0 heterocycles. The highest BCUT2D eigenvalue weighted by atomic mass is 15.1. The van der Waals surface area contributed by atoms with Gasteiger partial charge < -0.3 is 10.6 Å². The van der Waals surface area contributed by atoms with Crippen LogP contribution >= 0.6 is 0 Å². The Morgan fingerprint density at radius 1 is 0.900 bits per heavy atom. The first-order valence-corrected chi connectivity index (χ1v) is 7.27. The average Bonchev–Trinajstić information content (AvgIpc) is 2.47. The molecule has 0 saturated heterocycles. The van der Waals surface area contributed by atoms with Gasteiger partial charge >= 0.3 is 0 Å². The topological polar surface area (TPSA) is 29.3 Å². The van der Waals surface area contributed by atoms with Crippen LogP contribution in [-0.4, -0.2) is 13.1 Å². The Labute approximate surface area is 122 Å². The van der Waals surface area contributed by atoms with Crippen molar-refractivity contribution in [3.05, 3.63) is 59.7 Å². The molecule has 0 bridgehead atoms. The van der Waals surface area contributed by atoms with Crippen LogP contribution < -0.4 is 10.6 Å². The number of anilines is 2. The Kier molecular flexibility index (Phi) is 4.80. The Morgan fingerprint density at radius 3 is 1.75 bits per heavy atom. The summed E-state index contributed by atoms with van der Waals surface area (Å²) in [6.45, 7) is 4.21. The molecular formula is C18H24N2. The zero-order valence-corrected chi connectivity index (χ0v) is 12.6. The average molecular weight is 268 g/mol. The minimum atomic E-state index is 0.208. The molecule has 0 fully saturated rings. The van der Waals surface area contributed by atoms with Crippen molar-refractivity contribution in [2.75, 3.05) is 11.9 Å². The summed E-state index contributed by atoms with van der Waals surface area (Å²) in [7, 11) is 2.10. The molecule has 1 atom stereocenters. The number of nitrogens with zero attached hydrogens (tertiary/aromatic N) is 1. The van der Waals surface area contributed by atoms with Crippen LogP contribution in [0.5, 0.6) is 0 Å². The van der Waals surface area contributed by atoms with Crippen LogP contribution in [0.2, 0.25) is 0 Å². The Hall–Kier alpha value is -1.80. The fourth-order valence-electron chi connectivity index (χ4n) is 2.33. The largest absolute Gasteiger partial charge is 0.345 e. The molecule has 0 aliphatic heterocycles. The van der Waals surface area contributed by atoms with Crippen LogP contribution in [0.4, 0.5) is 11.4 Å². The Bertz CT molecular complexity index is 526. The zero-order chi connectivity index (χ0) is 14.5. The van der Waals surface area contributed by atoms with E-state index in [-0.39, 0.29) is 6.04 Å². The van der Waals surface area contributed by atoms with Crippen LogP contribution in [-0.2, 0) is 12.8 Å². The van der Waals surface area contributed by atoms with Crippen LogP contribution in [0.3, 0.4) is 0 Å². The first-order chi connectivity index (χ1) is 9.60. The van der Waals surface area contributed by atoms with Gasteiger partial charge in [-0.1, -0.05) is 31.2 Å². The van der Waals surface area contributed by atoms with Gasteiger partial charge in [0.15, 0.2) is 0 Å². The maximum absolute atomic E-state index is 5.83. The highest BCUT2D eigenvalue weighted by Crippen LogP contribution is 2.24. The normalized spacial score (nSPS) is 12.2. The number of rotatable bonds is 5. The van der Waals surface area contributed by atoms with Crippen LogP contribution in [0.1, 0.15) is 25.0 Å². The van der Waals surface area contributed by atoms with Gasteiger partial charge in [0.05, 0.1) is 0 Å². The lowest BCUT2D eigenvalue weighted by Gasteiger charge is -2.20. The molecule has 0 aliphatic carbocycles. The lowest BCUT2D eigenvalue weighted by molar-refractivity contribution is 0.738. The van der Waals surface area contributed by atoms with E-state index < -0.39 is 0 Å². The molecule has 0 aliphatic rings. The second kappa shape index (κ2) is 6.58. The second-order valence-electron chi connectivity index (χ2n) is 5.43. The molecule has 2 rings (SSSR count). The maximum atomic E-state index is 5.83. The molecule has 0 saturated carbocycles. The summed E-state index contributed by atoms with van der Waals surface area (Å²) in [5.41, 5.74) is 10.9. The summed E-state index contributed by atoms with van der Waals surface area (Å²) in [6, 6.07) is 17.6. The molecule has 2 aromatic rings. The summed E-state index contributed by atoms with van der Waals surface area (Å²) in [5.74, 6) is 0. The minimum Gasteiger partial charge on any atom is -0.345 e. The van der Waals surface area contributed by atoms with Gasteiger partial charge in [-0.3, -0.25) is 0 Å². The smallest absolute Gasteiger partial charge is 0.0408 e. The van der Waals surface area contributed by atoms with E-state index in [9.17, 15) is 0 Å². The Morgan fingerprint density at radius 2 is 1.35 bits per heavy atom. The van der Waals surface area contributed by atoms with Gasteiger partial charge in [0.25, 0.3) is 0 Å². The van der Waals surface area contributed by atoms with Gasteiger partial charge in [0, 0.05) is 24.5 Å². The van der Waals surface area contributed by atoms with E-state index in [2.05, 4.69) is 67.4 Å². The van der Waals surface area contributed by atoms with Crippen molar-refractivity contribution in [3.8, 4) is 0 Å². The number of benzene rings is 2. The third-order valence-corrected chi connectivity index (χ3v) is 3.61. The SMILES string of the molecule is CCc1ccc(N(C)c2ccc(CC(C)N)cc2)cc1. The van der Waals surface area contributed by atoms with Crippen molar-refractivity contribution in [2.45, 2.75) is 32.7 Å². The van der Waals surface area contributed by atoms with Gasteiger partial charge in [0.1, 0.15) is 0 Å². The number of nitrogens with two attached hydrogens (primary N) is 1. The highest BCUT2D eigenvalue weighted by molar-refractivity contribution is 5.62. The minimum absolute atomic E-state index is 0.208. The van der Waals surface area contributed by atoms with Crippen molar-refractivity contribution >= 4 is 11.4 Å². The van der Waals surface area contributed by atoms with Crippen molar-refractivity contribution in [1.82, 2.24) is 0 Å². The van der Waals surface area contributed by atoms with E-state index >= 15 is 0 Å². The summed E-state index contributed by atoms with van der Waals surface area (Å²) in [6.07, 6.45) is 2.01. The van der Waals surface area contributed by atoms with Crippen molar-refractivity contribution in [2.24, 2.45) is 5.73 Å². The van der Waals surface area contributed by atoms with E-state index in [4.69, 9.17) is 5.73 Å². The fourth-order valence-corrected chi connectivity index (χ4v) is 2.33. The van der Waals surface area contributed by atoms with E-state index in [1.165, 1.54) is 22.5 Å². The Balaban J connectivity index is 2.13. The summed E-state index contributed by atoms with van der Waals surface area (Å²) >= 11 is 0. The third kappa shape index (κ3) is 3.61. The van der Waals surface area contributed by atoms with Crippen molar-refractivity contribution in [3.63, 3.8) is 0 Å². The van der Waals surface area contributed by atoms with E-state index in [0.717, 1.165) is 12.8 Å². The molecule has 0 spiro atoms. The molecule has 106 valence electrons. The van der Waals surface area contributed by atoms with Crippen LogP contribution in [0, 0.1) is 0 Å². The standard InChI is InChI=1S/C18H24N2/c1-4-15-5-9-17(10-6-15)20(3)18-11-7-16(8-12-18)13-14(2)19/h5-12,14H,4,13,19H2,1-3H3. The van der Waals surface area contributed by atoms with Gasteiger partial charge in [-0.15, -0.1) is 0 Å². The molecular weight excluding hydrogens is 244 g/mol. The van der Waals surface area contributed by atoms with Crippen LogP contribution in [0.15, 0.2) is 48.5 Å². The fraction of sp³-hybridized carbons (Fsp3) is 0.333. The summed E-state index contributed by atoms with van der Waals surface area (Å²) in [4.78, 5) is 2.20. The van der Waals surface area contributed by atoms with E-state index in [1.54, 1.807) is 0 Å². The molecule has 2 nitrogen and oxygen atoms in total. The van der Waals surface area contributed by atoms with Crippen molar-refractivity contribution in [1.29, 1.82) is 0 Å². The predicted octanol–water partition coefficient (Wildman–Crippen LogP) is 3.91. The van der Waals surface area contributed by atoms with Crippen molar-refractivity contribution < 1.29 is 0 Å². The first-order valence-electron chi connectivity index (χ1n) is 7.27. The molecule has 2 aromatic carbocycles. The van der Waals surface area contributed by atoms with Crippen LogP contribution in [0.25, 0.3) is 0 Å². The van der Waals surface area contributed by atoms with Gasteiger partial charge in [0.2, 0.25) is 0 Å². The molecule has 20 heavy (non-hydrogen) atoms. The van der Waals surface area contributed by atoms with Gasteiger partial charge in [-0.05, 0) is 55.2 Å². The number of aryl methyl sites for hydroxylation is 1. The molecule has 2 heteroatoms. The molecule has 0 aromatic heterocycles. The maximum Gasteiger partial charge on any atom is 0.0408 e. The lowest BCUT2D eigenvalue weighted by atomic mass is 10.1. The molecule has 1 unspecified atom stereocenters. The number of hydrogen-bond acceptors (Lipinski definition) is 2. The monoisotopic (exact) mass is 268 g/mol. The van der Waals surface area contributed by atoms with Gasteiger partial charge in [-0.2, -0.15) is 0 Å². The molecule has 0 radical (unpaired) electrons. The van der Waals surface area contributed by atoms with Gasteiger partial charge in [-0.25, -0.2) is 0 Å². The first kappa shape index (κ1) is 14.6. The molecule has 2 N–H and O–H groups in total. The summed E-state index contributed by atoms with van der Waals surface area (Å²) in [5, 5.41) is 0. The summed E-state index contributed by atoms with van der Waals surface area (Å²) < 4.78 is 0. The highest BCUT2D eigenvalue weighted by Gasteiger charge is 2.04. The third-order valence-electron chi connectivity index (χ3n) is 3.61. The lowest BCUT2D eigenvalue weighted by Crippen LogP contribution is -2.17. The second-order valence-corrected chi connectivity index (χ2v) is 5.43. The molecule has 0 amide bonds. The quantitative estimate of drug-likeness (QED) is 0.891. The zero-order valence-electron chi connectivity index (χ0n) is 12.6. The van der Waals surface area contributed by atoms with E-state index in [1.807, 2.05) is 6.92 Å². The number of hydrogen-bond donors (Lipinski definition) is 1.